The fourth-order valence-corrected chi connectivity index (χ4v) is 2.62. The molecule has 0 aliphatic rings. The number of nitrogens with two attached hydrogens (primary N) is 1. The molecular weight excluding hydrogens is 236 g/mol. The zero-order chi connectivity index (χ0) is 8.97. The molecule has 0 bridgehead atoms. The third-order valence-electron chi connectivity index (χ3n) is 1.62. The topological polar surface area (TPSA) is 38.0 Å². The molecule has 0 aromatic carbocycles. The van der Waals surface area contributed by atoms with Crippen molar-refractivity contribution in [3.8, 4) is 0 Å². The summed E-state index contributed by atoms with van der Waals surface area (Å²) in [6, 6.07) is 0.170. The minimum absolute atomic E-state index is 0.170. The third kappa shape index (κ3) is 2.17. The molecule has 1 aromatic heterocycles. The van der Waals surface area contributed by atoms with Gasteiger partial charge in [-0.1, -0.05) is 6.08 Å². The molecule has 1 atom stereocenters. The van der Waals surface area contributed by atoms with E-state index in [1.807, 2.05) is 11.5 Å². The Bertz CT molecular complexity index is 259. The van der Waals surface area contributed by atoms with Crippen molar-refractivity contribution in [3.63, 3.8) is 0 Å². The first-order valence-corrected chi connectivity index (χ1v) is 5.31. The lowest BCUT2D eigenvalue weighted by Crippen LogP contribution is -2.27. The summed E-state index contributed by atoms with van der Waals surface area (Å²) in [5.74, 6) is 5.40. The van der Waals surface area contributed by atoms with E-state index >= 15 is 0 Å². The molecule has 66 valence electrons. The molecule has 0 fully saturated rings. The van der Waals surface area contributed by atoms with E-state index in [9.17, 15) is 0 Å². The summed E-state index contributed by atoms with van der Waals surface area (Å²) in [5.41, 5.74) is 3.95. The van der Waals surface area contributed by atoms with Crippen molar-refractivity contribution in [2.45, 2.75) is 12.5 Å². The summed E-state index contributed by atoms with van der Waals surface area (Å²) in [7, 11) is 0. The average molecular weight is 247 g/mol. The van der Waals surface area contributed by atoms with Crippen LogP contribution in [0, 0.1) is 0 Å². The molecule has 3 N–H and O–H groups in total. The number of halogens is 1. The van der Waals surface area contributed by atoms with Crippen LogP contribution in [0.25, 0.3) is 0 Å². The Kier molecular flexibility index (Phi) is 3.94. The second-order valence-electron chi connectivity index (χ2n) is 2.42. The molecule has 12 heavy (non-hydrogen) atoms. The fourth-order valence-electron chi connectivity index (χ4n) is 0.991. The fraction of sp³-hybridized carbons (Fsp3) is 0.250. The summed E-state index contributed by atoms with van der Waals surface area (Å²) in [6.07, 6.45) is 2.69. The van der Waals surface area contributed by atoms with E-state index in [0.717, 1.165) is 10.9 Å². The summed E-state index contributed by atoms with van der Waals surface area (Å²) >= 11 is 5.12. The Morgan fingerprint density at radius 1 is 1.75 bits per heavy atom. The van der Waals surface area contributed by atoms with Gasteiger partial charge >= 0.3 is 0 Å². The van der Waals surface area contributed by atoms with Gasteiger partial charge in [0.05, 0.1) is 6.04 Å². The molecule has 0 spiro atoms. The molecule has 0 saturated carbocycles. The smallest absolute Gasteiger partial charge is 0.0513 e. The van der Waals surface area contributed by atoms with Crippen LogP contribution in [0.3, 0.4) is 0 Å². The number of thiophene rings is 1. The van der Waals surface area contributed by atoms with Crippen LogP contribution in [0.1, 0.15) is 18.0 Å². The number of hydrazine groups is 1. The Morgan fingerprint density at radius 2 is 2.50 bits per heavy atom. The van der Waals surface area contributed by atoms with Gasteiger partial charge in [0.1, 0.15) is 0 Å². The Labute approximate surface area is 84.6 Å². The Morgan fingerprint density at radius 3 is 2.92 bits per heavy atom. The van der Waals surface area contributed by atoms with Gasteiger partial charge in [-0.05, 0) is 33.3 Å². The van der Waals surface area contributed by atoms with Gasteiger partial charge in [-0.2, -0.15) is 11.3 Å². The summed E-state index contributed by atoms with van der Waals surface area (Å²) in [5, 5.41) is 4.13. The van der Waals surface area contributed by atoms with Crippen LogP contribution < -0.4 is 11.3 Å². The van der Waals surface area contributed by atoms with Crippen molar-refractivity contribution in [2.75, 3.05) is 0 Å². The number of rotatable bonds is 4. The van der Waals surface area contributed by atoms with Crippen LogP contribution in [0.5, 0.6) is 0 Å². The van der Waals surface area contributed by atoms with Crippen molar-refractivity contribution in [3.05, 3.63) is 33.5 Å². The Balaban J connectivity index is 2.78. The van der Waals surface area contributed by atoms with Crippen molar-refractivity contribution in [2.24, 2.45) is 5.84 Å². The molecule has 1 aromatic rings. The van der Waals surface area contributed by atoms with Crippen molar-refractivity contribution < 1.29 is 0 Å². The molecule has 0 aliphatic carbocycles. The first-order chi connectivity index (χ1) is 5.79. The lowest BCUT2D eigenvalue weighted by Gasteiger charge is -2.12. The predicted molar refractivity (Wildman–Crippen MR) is 56.9 cm³/mol. The van der Waals surface area contributed by atoms with Gasteiger partial charge in [0, 0.05) is 9.85 Å². The molecule has 1 unspecified atom stereocenters. The SMILES string of the molecule is C=CCC(NN)c1cscc1Br. The molecule has 2 nitrogen and oxygen atoms in total. The molecule has 0 amide bonds. The molecule has 0 aliphatic heterocycles. The van der Waals surface area contributed by atoms with E-state index in [0.29, 0.717) is 0 Å². The maximum atomic E-state index is 5.40. The summed E-state index contributed by atoms with van der Waals surface area (Å²) in [6.45, 7) is 3.68. The molecule has 4 heteroatoms. The minimum atomic E-state index is 0.170. The maximum absolute atomic E-state index is 5.40. The second-order valence-corrected chi connectivity index (χ2v) is 4.02. The van der Waals surface area contributed by atoms with Gasteiger partial charge in [-0.25, -0.2) is 0 Å². The predicted octanol–water partition coefficient (Wildman–Crippen LogP) is 2.59. The van der Waals surface area contributed by atoms with Gasteiger partial charge in [-0.3, -0.25) is 11.3 Å². The monoisotopic (exact) mass is 246 g/mol. The second kappa shape index (κ2) is 4.77. The number of nitrogens with one attached hydrogen (secondary N) is 1. The highest BCUT2D eigenvalue weighted by Gasteiger charge is 2.11. The standard InChI is InChI=1S/C8H11BrN2S/c1-2-3-8(11-10)6-4-12-5-7(6)9/h2,4-5,8,11H,1,3,10H2. The van der Waals surface area contributed by atoms with E-state index in [1.165, 1.54) is 5.56 Å². The molecule has 0 radical (unpaired) electrons. The highest BCUT2D eigenvalue weighted by atomic mass is 79.9. The van der Waals surface area contributed by atoms with Crippen LogP contribution in [-0.2, 0) is 0 Å². The zero-order valence-electron chi connectivity index (χ0n) is 6.59. The maximum Gasteiger partial charge on any atom is 0.0513 e. The van der Waals surface area contributed by atoms with Crippen molar-refractivity contribution in [1.82, 2.24) is 5.43 Å². The van der Waals surface area contributed by atoms with E-state index in [1.54, 1.807) is 11.3 Å². The van der Waals surface area contributed by atoms with Crippen molar-refractivity contribution >= 4 is 27.3 Å². The van der Waals surface area contributed by atoms with Crippen molar-refractivity contribution in [1.29, 1.82) is 0 Å². The molecular formula is C8H11BrN2S. The number of hydrogen-bond donors (Lipinski definition) is 2. The lowest BCUT2D eigenvalue weighted by atomic mass is 10.1. The molecule has 0 saturated heterocycles. The Hall–Kier alpha value is -0.160. The van der Waals surface area contributed by atoms with Gasteiger partial charge in [-0.15, -0.1) is 6.58 Å². The zero-order valence-corrected chi connectivity index (χ0v) is 8.99. The van der Waals surface area contributed by atoms with E-state index in [4.69, 9.17) is 5.84 Å². The van der Waals surface area contributed by atoms with Crippen LogP contribution in [0.2, 0.25) is 0 Å². The average Bonchev–Trinajstić information content (AvgIpc) is 2.47. The summed E-state index contributed by atoms with van der Waals surface area (Å²) in [4.78, 5) is 0. The quantitative estimate of drug-likeness (QED) is 0.487. The van der Waals surface area contributed by atoms with Crippen LogP contribution in [0.4, 0.5) is 0 Å². The highest BCUT2D eigenvalue weighted by Crippen LogP contribution is 2.28. The van der Waals surface area contributed by atoms with Gasteiger partial charge in [0.25, 0.3) is 0 Å². The summed E-state index contributed by atoms with van der Waals surface area (Å²) < 4.78 is 1.11. The third-order valence-corrected chi connectivity index (χ3v) is 3.37. The first kappa shape index (κ1) is 9.92. The first-order valence-electron chi connectivity index (χ1n) is 3.58. The van der Waals surface area contributed by atoms with Gasteiger partial charge < -0.3 is 0 Å². The molecule has 1 rings (SSSR count). The van der Waals surface area contributed by atoms with E-state index < -0.39 is 0 Å². The molecule has 1 heterocycles. The van der Waals surface area contributed by atoms with Gasteiger partial charge in [0.15, 0.2) is 0 Å². The normalized spacial score (nSPS) is 12.8. The van der Waals surface area contributed by atoms with E-state index in [2.05, 4.69) is 33.3 Å². The van der Waals surface area contributed by atoms with Gasteiger partial charge in [0.2, 0.25) is 0 Å². The van der Waals surface area contributed by atoms with Crippen LogP contribution in [-0.4, -0.2) is 0 Å². The minimum Gasteiger partial charge on any atom is -0.271 e. The lowest BCUT2D eigenvalue weighted by molar-refractivity contribution is 0.561. The van der Waals surface area contributed by atoms with Crippen LogP contribution >= 0.6 is 27.3 Å². The highest BCUT2D eigenvalue weighted by molar-refractivity contribution is 9.10. The largest absolute Gasteiger partial charge is 0.271 e. The van der Waals surface area contributed by atoms with Crippen LogP contribution in [0.15, 0.2) is 27.9 Å². The number of hydrogen-bond acceptors (Lipinski definition) is 3. The van der Waals surface area contributed by atoms with E-state index in [-0.39, 0.29) is 6.04 Å².